The molecule has 7 heteroatoms. The van der Waals surface area contributed by atoms with Crippen LogP contribution in [-0.4, -0.2) is 39.7 Å². The summed E-state index contributed by atoms with van der Waals surface area (Å²) in [6.45, 7) is -13.8. The van der Waals surface area contributed by atoms with Gasteiger partial charge in [0.25, 0.3) is 0 Å². The molecule has 2 rings (SSSR count). The average Bonchev–Trinajstić information content (AvgIpc) is 2.87. The highest BCUT2D eigenvalue weighted by Gasteiger charge is 2.18. The molecule has 0 amide bonds. The molecule has 6 nitrogen and oxygen atoms in total. The third-order valence-electron chi connectivity index (χ3n) is 2.19. The second-order valence-electron chi connectivity index (χ2n) is 3.52. The van der Waals surface area contributed by atoms with Crippen molar-refractivity contribution >= 4 is 18.7 Å². The minimum Gasteiger partial charge on any atom is -0.404 e. The fourth-order valence-corrected chi connectivity index (χ4v) is 1.96. The van der Waals surface area contributed by atoms with Crippen molar-refractivity contribution in [1.82, 2.24) is 9.47 Å². The second-order valence-corrected chi connectivity index (χ2v) is 4.68. The lowest BCUT2D eigenvalue weighted by Crippen LogP contribution is -2.17. The lowest BCUT2D eigenvalue weighted by molar-refractivity contribution is 0.284. The highest BCUT2D eigenvalue weighted by atomic mass is 31.2. The highest BCUT2D eigenvalue weighted by Crippen LogP contribution is 2.40. The van der Waals surface area contributed by atoms with Gasteiger partial charge in [-0.1, -0.05) is 6.07 Å². The second kappa shape index (κ2) is 5.35. The Balaban J connectivity index is 2.68. The third-order valence-corrected chi connectivity index (χ3v) is 2.63. The van der Waals surface area contributed by atoms with Crippen molar-refractivity contribution < 1.29 is 32.6 Å². The van der Waals surface area contributed by atoms with Gasteiger partial charge in [-0.05, 0) is 32.2 Å². The van der Waals surface area contributed by atoms with Gasteiger partial charge in [-0.3, -0.25) is 9.79 Å². The monoisotopic (exact) mass is 294 g/mol. The zero-order valence-electron chi connectivity index (χ0n) is 19.4. The van der Waals surface area contributed by atoms with E-state index in [0.29, 0.717) is 4.57 Å². The quantitative estimate of drug-likeness (QED) is 0.821. The highest BCUT2D eigenvalue weighted by molar-refractivity contribution is 7.46. The summed E-state index contributed by atoms with van der Waals surface area (Å²) in [7, 11) is -4.95. The molecule has 2 N–H and O–H groups in total. The maximum Gasteiger partial charge on any atom is 0.524 e. The summed E-state index contributed by atoms with van der Waals surface area (Å²) in [5, 5.41) is -0.00943. The van der Waals surface area contributed by atoms with Crippen LogP contribution in [0.5, 0.6) is 5.75 Å². The maximum absolute atomic E-state index is 11.1. The minimum absolute atomic E-state index is 0.00943. The fourth-order valence-electron chi connectivity index (χ4n) is 1.55. The van der Waals surface area contributed by atoms with Crippen molar-refractivity contribution in [2.75, 3.05) is 20.4 Å². The maximum atomic E-state index is 11.1. The molecule has 0 atom stereocenters. The third kappa shape index (κ3) is 3.58. The first-order valence-corrected chi connectivity index (χ1v) is 6.49. The Morgan fingerprint density at radius 1 is 1.47 bits per heavy atom. The van der Waals surface area contributed by atoms with Crippen LogP contribution in [0.3, 0.4) is 0 Å². The Morgan fingerprint density at radius 2 is 2.26 bits per heavy atom. The van der Waals surface area contributed by atoms with E-state index in [2.05, 4.69) is 4.52 Å². The number of rotatable bonds is 5. The molecule has 0 saturated carbocycles. The Morgan fingerprint density at radius 3 is 2.95 bits per heavy atom. The van der Waals surface area contributed by atoms with Gasteiger partial charge < -0.3 is 14.0 Å². The average molecular weight is 294 g/mol. The van der Waals surface area contributed by atoms with Crippen LogP contribution in [0.4, 0.5) is 0 Å². The van der Waals surface area contributed by atoms with Crippen LogP contribution in [0.2, 0.25) is 0 Å². The number of benzene rings is 1. The number of hydrogen-bond acceptors (Lipinski definition) is 3. The lowest BCUT2D eigenvalue weighted by atomic mass is 10.2. The van der Waals surface area contributed by atoms with Crippen molar-refractivity contribution in [1.29, 1.82) is 0 Å². The van der Waals surface area contributed by atoms with Crippen molar-refractivity contribution in [3.8, 4) is 5.75 Å². The number of hydrogen-bond donors (Lipinski definition) is 2. The zero-order valence-corrected chi connectivity index (χ0v) is 10.3. The minimum atomic E-state index is -4.95. The molecule has 1 aromatic heterocycles. The number of phosphoric acid groups is 1. The van der Waals surface area contributed by atoms with Gasteiger partial charge in [-0.15, -0.1) is 0 Å². The molecule has 0 aliphatic rings. The first kappa shape index (κ1) is 5.97. The largest absolute Gasteiger partial charge is 0.524 e. The van der Waals surface area contributed by atoms with E-state index in [4.69, 9.17) is 23.5 Å². The summed E-state index contributed by atoms with van der Waals surface area (Å²) in [4.78, 5) is 17.5. The zero-order chi connectivity index (χ0) is 22.6. The van der Waals surface area contributed by atoms with E-state index < -0.39 is 39.7 Å². The molecular weight excluding hydrogens is 267 g/mol. The molecule has 0 fully saturated rings. The molecule has 0 unspecified atom stereocenters. The number of aryl methyl sites for hydroxylation is 1. The molecule has 1 heterocycles. The van der Waals surface area contributed by atoms with E-state index in [-0.39, 0.29) is 16.7 Å². The van der Waals surface area contributed by atoms with E-state index in [0.717, 1.165) is 6.20 Å². The van der Waals surface area contributed by atoms with E-state index in [1.165, 1.54) is 24.3 Å². The van der Waals surface area contributed by atoms with E-state index in [9.17, 15) is 4.57 Å². The summed E-state index contributed by atoms with van der Waals surface area (Å²) in [6.07, 6.45) is 0.992. The van der Waals surface area contributed by atoms with Crippen molar-refractivity contribution in [2.24, 2.45) is 0 Å². The molecule has 0 spiro atoms. The van der Waals surface area contributed by atoms with Gasteiger partial charge in [0.15, 0.2) is 0 Å². The topological polar surface area (TPSA) is 74.9 Å². The Hall–Kier alpha value is -1.33. The number of likely N-dealkylation sites (N-methyl/N-ethyl adjacent to an activating group) is 1. The summed E-state index contributed by atoms with van der Waals surface area (Å²) >= 11 is 0. The molecule has 0 bridgehead atoms. The summed E-state index contributed by atoms with van der Waals surface area (Å²) in [6, 6.07) is 4.88. The predicted molar refractivity (Wildman–Crippen MR) is 73.2 cm³/mol. The van der Waals surface area contributed by atoms with Gasteiger partial charge in [-0.2, -0.15) is 0 Å². The van der Waals surface area contributed by atoms with Gasteiger partial charge >= 0.3 is 7.82 Å². The van der Waals surface area contributed by atoms with Crippen LogP contribution in [0, 0.1) is 0 Å². The molecule has 104 valence electrons. The smallest absolute Gasteiger partial charge is 0.404 e. The summed E-state index contributed by atoms with van der Waals surface area (Å²) < 4.78 is 93.1. The lowest BCUT2D eigenvalue weighted by Gasteiger charge is -2.12. The van der Waals surface area contributed by atoms with Crippen molar-refractivity contribution in [2.45, 2.75) is 6.50 Å². The van der Waals surface area contributed by atoms with E-state index in [1.807, 2.05) is 0 Å². The Bertz CT molecular complexity index is 934. The van der Waals surface area contributed by atoms with Crippen LogP contribution in [0.1, 0.15) is 13.7 Å². The molecule has 0 aliphatic carbocycles. The SMILES string of the molecule is [2H]C([2H])([2H])N(C([2H])([2H])[2H])C([2H])([2H])C([2H])([2H])n1ccc2c(OP(=O)(O)O)cccc21. The molecule has 0 saturated heterocycles. The van der Waals surface area contributed by atoms with Crippen LogP contribution in [-0.2, 0) is 11.1 Å². The van der Waals surface area contributed by atoms with Crippen molar-refractivity contribution in [3.63, 3.8) is 0 Å². The normalized spacial score (nSPS) is 22.9. The Kier molecular flexibility index (Phi) is 1.68. The molecule has 2 aromatic rings. The van der Waals surface area contributed by atoms with Gasteiger partial charge in [0, 0.05) is 35.5 Å². The number of fused-ring (bicyclic) bond motifs is 1. The predicted octanol–water partition coefficient (Wildman–Crippen LogP) is 1.67. The molecule has 0 aliphatic heterocycles. The van der Waals surface area contributed by atoms with Gasteiger partial charge in [-0.25, -0.2) is 4.57 Å². The van der Waals surface area contributed by atoms with Crippen LogP contribution < -0.4 is 4.52 Å². The fraction of sp³-hybridized carbons (Fsp3) is 0.333. The van der Waals surface area contributed by atoms with Gasteiger partial charge in [0.05, 0.1) is 8.26 Å². The van der Waals surface area contributed by atoms with Crippen LogP contribution in [0.25, 0.3) is 10.9 Å². The van der Waals surface area contributed by atoms with Crippen LogP contribution >= 0.6 is 7.82 Å². The van der Waals surface area contributed by atoms with E-state index >= 15 is 0 Å². The molecule has 19 heavy (non-hydrogen) atoms. The van der Waals surface area contributed by atoms with Crippen molar-refractivity contribution in [3.05, 3.63) is 30.5 Å². The molecule has 1 aromatic carbocycles. The number of phosphoric ester groups is 1. The first-order chi connectivity index (χ1) is 12.8. The van der Waals surface area contributed by atoms with E-state index in [1.54, 1.807) is 0 Å². The number of aromatic nitrogens is 1. The summed E-state index contributed by atoms with van der Waals surface area (Å²) in [5.74, 6) is -0.325. The van der Waals surface area contributed by atoms with Gasteiger partial charge in [0.2, 0.25) is 0 Å². The Labute approximate surface area is 125 Å². The van der Waals surface area contributed by atoms with Gasteiger partial charge in [0.1, 0.15) is 5.75 Å². The molecule has 0 radical (unpaired) electrons. The van der Waals surface area contributed by atoms with Crippen LogP contribution in [0.15, 0.2) is 30.5 Å². The summed E-state index contributed by atoms with van der Waals surface area (Å²) in [5.41, 5.74) is -0.110. The standard InChI is InChI=1S/C12H17N2O4P/c1-13(2)8-9-14-7-6-10-11(14)4-3-5-12(10)18-19(15,16)17/h3-7H,8-9H2,1-2H3,(H2,15,16,17)/i1D3,2D3,8D2,9D2. The number of nitrogens with zero attached hydrogens (tertiary/aromatic N) is 2. The molecular formula is C12H17N2O4P. The first-order valence-electron chi connectivity index (χ1n) is 9.96.